The summed E-state index contributed by atoms with van der Waals surface area (Å²) in [4.78, 5) is 24.2. The second kappa shape index (κ2) is 9.18. The number of amides is 2. The van der Waals surface area contributed by atoms with Crippen molar-refractivity contribution in [2.45, 2.75) is 26.3 Å². The number of hydrogen-bond acceptors (Lipinski definition) is 5. The van der Waals surface area contributed by atoms with Crippen LogP contribution in [0, 0.1) is 12.7 Å². The van der Waals surface area contributed by atoms with E-state index in [2.05, 4.69) is 20.8 Å². The van der Waals surface area contributed by atoms with Gasteiger partial charge < -0.3 is 10.6 Å². The molecule has 2 N–H and O–H groups in total. The highest BCUT2D eigenvalue weighted by Crippen LogP contribution is 2.15. The van der Waals surface area contributed by atoms with Crippen LogP contribution in [0.5, 0.6) is 0 Å². The third kappa shape index (κ3) is 5.43. The van der Waals surface area contributed by atoms with Gasteiger partial charge in [0.2, 0.25) is 10.9 Å². The van der Waals surface area contributed by atoms with E-state index < -0.39 is 5.91 Å². The number of carbonyl (C=O) groups is 2. The zero-order chi connectivity index (χ0) is 19.9. The van der Waals surface area contributed by atoms with Crippen LogP contribution >= 0.6 is 11.3 Å². The summed E-state index contributed by atoms with van der Waals surface area (Å²) in [5.41, 5.74) is 2.67. The molecule has 6 nitrogen and oxygen atoms in total. The van der Waals surface area contributed by atoms with Gasteiger partial charge in [0.25, 0.3) is 5.91 Å². The number of rotatable bonds is 7. The third-order valence-corrected chi connectivity index (χ3v) is 5.05. The first-order chi connectivity index (χ1) is 13.5. The van der Waals surface area contributed by atoms with Crippen molar-refractivity contribution in [3.8, 4) is 0 Å². The lowest BCUT2D eigenvalue weighted by molar-refractivity contribution is -0.121. The van der Waals surface area contributed by atoms with Crippen LogP contribution in [0.1, 0.15) is 32.4 Å². The number of hydrogen-bond donors (Lipinski definition) is 2. The molecule has 3 rings (SSSR count). The quantitative estimate of drug-likeness (QED) is 0.638. The van der Waals surface area contributed by atoms with Gasteiger partial charge in [-0.2, -0.15) is 0 Å². The number of anilines is 1. The summed E-state index contributed by atoms with van der Waals surface area (Å²) in [5.74, 6) is -0.882. The molecule has 0 unspecified atom stereocenters. The van der Waals surface area contributed by atoms with Crippen molar-refractivity contribution >= 4 is 28.8 Å². The molecule has 2 amide bonds. The molecule has 1 aromatic heterocycles. The van der Waals surface area contributed by atoms with Gasteiger partial charge in [0.15, 0.2) is 0 Å². The highest BCUT2D eigenvalue weighted by molar-refractivity contribution is 7.13. The summed E-state index contributed by atoms with van der Waals surface area (Å²) in [6, 6.07) is 13.3. The van der Waals surface area contributed by atoms with Crippen LogP contribution in [0.2, 0.25) is 0 Å². The lowest BCUT2D eigenvalue weighted by Crippen LogP contribution is -2.23. The summed E-state index contributed by atoms with van der Waals surface area (Å²) in [6.45, 7) is 2.48. The largest absolute Gasteiger partial charge is 0.352 e. The van der Waals surface area contributed by atoms with Crippen molar-refractivity contribution in [3.63, 3.8) is 0 Å². The molecular formula is C20H19FN4O2S. The smallest absolute Gasteiger partial charge is 0.286 e. The molecule has 28 heavy (non-hydrogen) atoms. The molecule has 8 heteroatoms. The molecule has 0 fully saturated rings. The predicted molar refractivity (Wildman–Crippen MR) is 106 cm³/mol. The SMILES string of the molecule is Cc1ccccc1CNC(=O)CCc1nnc(C(=O)Nc2ccc(F)cc2)s1. The average Bonchev–Trinajstić information content (AvgIpc) is 3.17. The Bertz CT molecular complexity index is 972. The Morgan fingerprint density at radius 1 is 1.07 bits per heavy atom. The lowest BCUT2D eigenvalue weighted by atomic mass is 10.1. The zero-order valence-electron chi connectivity index (χ0n) is 15.2. The van der Waals surface area contributed by atoms with Crippen LogP contribution in [0.4, 0.5) is 10.1 Å². The van der Waals surface area contributed by atoms with Gasteiger partial charge in [-0.05, 0) is 42.3 Å². The van der Waals surface area contributed by atoms with Crippen LogP contribution in [0.15, 0.2) is 48.5 Å². The molecule has 0 atom stereocenters. The summed E-state index contributed by atoms with van der Waals surface area (Å²) in [6.07, 6.45) is 0.668. The van der Waals surface area contributed by atoms with Gasteiger partial charge in [-0.15, -0.1) is 10.2 Å². The van der Waals surface area contributed by atoms with Gasteiger partial charge in [0.05, 0.1) is 0 Å². The van der Waals surface area contributed by atoms with E-state index in [0.717, 1.165) is 22.5 Å². The molecule has 3 aromatic rings. The fraction of sp³-hybridized carbons (Fsp3) is 0.200. The number of aromatic nitrogens is 2. The molecule has 0 saturated carbocycles. The van der Waals surface area contributed by atoms with Gasteiger partial charge in [-0.25, -0.2) is 4.39 Å². The summed E-state index contributed by atoms with van der Waals surface area (Å²) >= 11 is 1.13. The predicted octanol–water partition coefficient (Wildman–Crippen LogP) is 3.49. The van der Waals surface area contributed by atoms with Crippen molar-refractivity contribution in [2.75, 3.05) is 5.32 Å². The molecule has 144 valence electrons. The standard InChI is InChI=1S/C20H19FN4O2S/c1-13-4-2-3-5-14(13)12-22-17(26)10-11-18-24-25-20(28-18)19(27)23-16-8-6-15(21)7-9-16/h2-9H,10-12H2,1H3,(H,22,26)(H,23,27). The van der Waals surface area contributed by atoms with Crippen molar-refractivity contribution < 1.29 is 14.0 Å². The first-order valence-electron chi connectivity index (χ1n) is 8.72. The van der Waals surface area contributed by atoms with E-state index in [1.165, 1.54) is 24.3 Å². The van der Waals surface area contributed by atoms with Crippen molar-refractivity contribution in [1.82, 2.24) is 15.5 Å². The minimum atomic E-state index is -0.417. The Balaban J connectivity index is 1.47. The van der Waals surface area contributed by atoms with E-state index in [4.69, 9.17) is 0 Å². The Morgan fingerprint density at radius 3 is 2.57 bits per heavy atom. The normalized spacial score (nSPS) is 10.5. The van der Waals surface area contributed by atoms with Crippen LogP contribution in [0.25, 0.3) is 0 Å². The Hall–Kier alpha value is -3.13. The fourth-order valence-electron chi connectivity index (χ4n) is 2.48. The number of carbonyl (C=O) groups excluding carboxylic acids is 2. The van der Waals surface area contributed by atoms with E-state index in [-0.39, 0.29) is 23.2 Å². The average molecular weight is 398 g/mol. The summed E-state index contributed by atoms with van der Waals surface area (Å²) < 4.78 is 12.9. The third-order valence-electron chi connectivity index (χ3n) is 4.07. The van der Waals surface area contributed by atoms with E-state index in [0.29, 0.717) is 23.7 Å². The van der Waals surface area contributed by atoms with E-state index in [9.17, 15) is 14.0 Å². The Labute approximate surface area is 165 Å². The van der Waals surface area contributed by atoms with E-state index >= 15 is 0 Å². The number of benzene rings is 2. The monoisotopic (exact) mass is 398 g/mol. The summed E-state index contributed by atoms with van der Waals surface area (Å²) in [5, 5.41) is 14.1. The molecule has 2 aromatic carbocycles. The van der Waals surface area contributed by atoms with Gasteiger partial charge in [-0.3, -0.25) is 9.59 Å². The number of nitrogens with one attached hydrogen (secondary N) is 2. The topological polar surface area (TPSA) is 84.0 Å². The maximum atomic E-state index is 12.9. The van der Waals surface area contributed by atoms with Gasteiger partial charge in [0, 0.05) is 25.1 Å². The minimum absolute atomic E-state index is 0.0873. The Kier molecular flexibility index (Phi) is 6.44. The van der Waals surface area contributed by atoms with E-state index in [1.807, 2.05) is 31.2 Å². The highest BCUT2D eigenvalue weighted by atomic mass is 32.1. The van der Waals surface area contributed by atoms with Crippen LogP contribution in [-0.2, 0) is 17.8 Å². The van der Waals surface area contributed by atoms with Crippen molar-refractivity contribution in [1.29, 1.82) is 0 Å². The van der Waals surface area contributed by atoms with Crippen LogP contribution in [-0.4, -0.2) is 22.0 Å². The highest BCUT2D eigenvalue weighted by Gasteiger charge is 2.14. The number of halogens is 1. The summed E-state index contributed by atoms with van der Waals surface area (Å²) in [7, 11) is 0. The Morgan fingerprint density at radius 2 is 1.82 bits per heavy atom. The molecule has 0 bridgehead atoms. The maximum absolute atomic E-state index is 12.9. The second-order valence-electron chi connectivity index (χ2n) is 6.17. The van der Waals surface area contributed by atoms with Crippen LogP contribution < -0.4 is 10.6 Å². The first kappa shape index (κ1) is 19.6. The maximum Gasteiger partial charge on any atom is 0.286 e. The number of aryl methyl sites for hydroxylation is 2. The molecule has 0 aliphatic carbocycles. The second-order valence-corrected chi connectivity index (χ2v) is 7.23. The molecule has 1 heterocycles. The van der Waals surface area contributed by atoms with Gasteiger partial charge >= 0.3 is 0 Å². The molecule has 0 spiro atoms. The zero-order valence-corrected chi connectivity index (χ0v) is 16.1. The van der Waals surface area contributed by atoms with Crippen LogP contribution in [0.3, 0.4) is 0 Å². The molecular weight excluding hydrogens is 379 g/mol. The first-order valence-corrected chi connectivity index (χ1v) is 9.53. The number of nitrogens with zero attached hydrogens (tertiary/aromatic N) is 2. The molecule has 0 aliphatic rings. The van der Waals surface area contributed by atoms with Gasteiger partial charge in [0.1, 0.15) is 10.8 Å². The van der Waals surface area contributed by atoms with Gasteiger partial charge in [-0.1, -0.05) is 35.6 Å². The molecule has 0 aliphatic heterocycles. The van der Waals surface area contributed by atoms with E-state index in [1.54, 1.807) is 0 Å². The van der Waals surface area contributed by atoms with Crippen molar-refractivity contribution in [3.05, 3.63) is 75.5 Å². The molecule has 0 radical (unpaired) electrons. The lowest BCUT2D eigenvalue weighted by Gasteiger charge is -2.07. The van der Waals surface area contributed by atoms with Crippen molar-refractivity contribution in [2.24, 2.45) is 0 Å². The molecule has 0 saturated heterocycles. The fourth-order valence-corrected chi connectivity index (χ4v) is 3.21. The minimum Gasteiger partial charge on any atom is -0.352 e.